The van der Waals surface area contributed by atoms with E-state index in [0.717, 1.165) is 37.8 Å². The van der Waals surface area contributed by atoms with Crippen LogP contribution in [0.1, 0.15) is 37.7 Å². The SMILES string of the molecule is O=C(COC(=O)[C@H](Cc1ccccc1)NS(=O)(=O)c1ccccc1F)NCC1CCCCC1. The Hall–Kier alpha value is -2.78. The van der Waals surface area contributed by atoms with Gasteiger partial charge in [0, 0.05) is 6.54 Å². The van der Waals surface area contributed by atoms with Crippen molar-refractivity contribution in [2.45, 2.75) is 49.5 Å². The number of hydrogen-bond donors (Lipinski definition) is 2. The zero-order valence-corrected chi connectivity index (χ0v) is 19.2. The number of ether oxygens (including phenoxy) is 1. The van der Waals surface area contributed by atoms with Crippen LogP contribution in [0.3, 0.4) is 0 Å². The highest BCUT2D eigenvalue weighted by Gasteiger charge is 2.29. The second kappa shape index (κ2) is 11.9. The van der Waals surface area contributed by atoms with Crippen molar-refractivity contribution in [3.05, 3.63) is 66.0 Å². The van der Waals surface area contributed by atoms with Crippen molar-refractivity contribution < 1.29 is 27.1 Å². The molecule has 0 spiro atoms. The van der Waals surface area contributed by atoms with Gasteiger partial charge >= 0.3 is 5.97 Å². The summed E-state index contributed by atoms with van der Waals surface area (Å²) in [7, 11) is -4.34. The monoisotopic (exact) mass is 476 g/mol. The fourth-order valence-electron chi connectivity index (χ4n) is 3.87. The van der Waals surface area contributed by atoms with E-state index in [2.05, 4.69) is 10.0 Å². The summed E-state index contributed by atoms with van der Waals surface area (Å²) in [5.74, 6) is -1.85. The van der Waals surface area contributed by atoms with Gasteiger partial charge in [0.1, 0.15) is 16.8 Å². The molecule has 2 aromatic carbocycles. The molecule has 0 aromatic heterocycles. The molecular weight excluding hydrogens is 447 g/mol. The van der Waals surface area contributed by atoms with Crippen LogP contribution in [0, 0.1) is 11.7 Å². The maximum atomic E-state index is 14.1. The zero-order chi connectivity index (χ0) is 23.7. The molecule has 2 N–H and O–H groups in total. The van der Waals surface area contributed by atoms with Crippen LogP contribution in [0.25, 0.3) is 0 Å². The number of rotatable bonds is 10. The Morgan fingerprint density at radius 3 is 2.36 bits per heavy atom. The van der Waals surface area contributed by atoms with Crippen molar-refractivity contribution >= 4 is 21.9 Å². The van der Waals surface area contributed by atoms with Gasteiger partial charge in [-0.3, -0.25) is 9.59 Å². The fourth-order valence-corrected chi connectivity index (χ4v) is 5.14. The van der Waals surface area contributed by atoms with Crippen LogP contribution in [-0.4, -0.2) is 39.5 Å². The quantitative estimate of drug-likeness (QED) is 0.514. The van der Waals surface area contributed by atoms with Gasteiger partial charge in [-0.1, -0.05) is 61.7 Å². The molecule has 9 heteroatoms. The third-order valence-corrected chi connectivity index (χ3v) is 7.15. The molecule has 0 bridgehead atoms. The van der Waals surface area contributed by atoms with Gasteiger partial charge in [-0.05, 0) is 42.9 Å². The van der Waals surface area contributed by atoms with E-state index in [1.165, 1.54) is 18.6 Å². The molecule has 1 amide bonds. The largest absolute Gasteiger partial charge is 0.454 e. The molecule has 3 rings (SSSR count). The highest BCUT2D eigenvalue weighted by atomic mass is 32.2. The third-order valence-electron chi connectivity index (χ3n) is 5.65. The lowest BCUT2D eigenvalue weighted by atomic mass is 9.89. The van der Waals surface area contributed by atoms with Gasteiger partial charge < -0.3 is 10.1 Å². The summed E-state index contributed by atoms with van der Waals surface area (Å²) >= 11 is 0. The topological polar surface area (TPSA) is 102 Å². The van der Waals surface area contributed by atoms with Crippen LogP contribution in [-0.2, 0) is 30.8 Å². The Balaban J connectivity index is 1.63. The van der Waals surface area contributed by atoms with E-state index in [-0.39, 0.29) is 6.42 Å². The first-order chi connectivity index (χ1) is 15.8. The predicted molar refractivity (Wildman–Crippen MR) is 121 cm³/mol. The van der Waals surface area contributed by atoms with E-state index in [1.54, 1.807) is 30.3 Å². The molecule has 7 nitrogen and oxygen atoms in total. The molecule has 1 atom stereocenters. The number of amides is 1. The lowest BCUT2D eigenvalue weighted by molar-refractivity contribution is -0.150. The van der Waals surface area contributed by atoms with E-state index < -0.39 is 45.3 Å². The number of hydrogen-bond acceptors (Lipinski definition) is 5. The molecular formula is C24H29FN2O5S. The van der Waals surface area contributed by atoms with Crippen LogP contribution in [0.5, 0.6) is 0 Å². The van der Waals surface area contributed by atoms with Crippen molar-refractivity contribution in [3.63, 3.8) is 0 Å². The molecule has 1 fully saturated rings. The molecule has 0 unspecified atom stereocenters. The van der Waals surface area contributed by atoms with E-state index in [9.17, 15) is 22.4 Å². The van der Waals surface area contributed by atoms with Crippen LogP contribution in [0.4, 0.5) is 4.39 Å². The summed E-state index contributed by atoms with van der Waals surface area (Å²) in [6, 6.07) is 12.3. The number of halogens is 1. The molecule has 0 heterocycles. The first-order valence-electron chi connectivity index (χ1n) is 11.1. The molecule has 33 heavy (non-hydrogen) atoms. The van der Waals surface area contributed by atoms with Crippen LogP contribution >= 0.6 is 0 Å². The van der Waals surface area contributed by atoms with E-state index in [1.807, 2.05) is 0 Å². The Morgan fingerprint density at radius 1 is 1.00 bits per heavy atom. The van der Waals surface area contributed by atoms with Crippen molar-refractivity contribution in [1.29, 1.82) is 0 Å². The third kappa shape index (κ3) is 7.64. The van der Waals surface area contributed by atoms with Crippen molar-refractivity contribution in [3.8, 4) is 0 Å². The minimum Gasteiger partial charge on any atom is -0.454 e. The molecule has 0 radical (unpaired) electrons. The lowest BCUT2D eigenvalue weighted by Gasteiger charge is -2.22. The summed E-state index contributed by atoms with van der Waals surface area (Å²) in [5, 5.41) is 2.77. The number of carbonyl (C=O) groups excluding carboxylic acids is 2. The van der Waals surface area contributed by atoms with Crippen molar-refractivity contribution in [2.75, 3.05) is 13.2 Å². The van der Waals surface area contributed by atoms with Gasteiger partial charge in [0.2, 0.25) is 10.0 Å². The maximum absolute atomic E-state index is 14.1. The summed E-state index contributed by atoms with van der Waals surface area (Å²) < 4.78 is 46.9. The summed E-state index contributed by atoms with van der Waals surface area (Å²) in [5.41, 5.74) is 0.678. The highest BCUT2D eigenvalue weighted by Crippen LogP contribution is 2.22. The average molecular weight is 477 g/mol. The Morgan fingerprint density at radius 2 is 1.67 bits per heavy atom. The van der Waals surface area contributed by atoms with Gasteiger partial charge in [-0.25, -0.2) is 12.8 Å². The normalized spacial score (nSPS) is 15.5. The van der Waals surface area contributed by atoms with Crippen molar-refractivity contribution in [2.24, 2.45) is 5.92 Å². The molecule has 1 aliphatic carbocycles. The minimum absolute atomic E-state index is 0.0168. The van der Waals surface area contributed by atoms with E-state index in [0.29, 0.717) is 18.0 Å². The van der Waals surface area contributed by atoms with Gasteiger partial charge in [-0.15, -0.1) is 0 Å². The average Bonchev–Trinajstić information content (AvgIpc) is 2.82. The maximum Gasteiger partial charge on any atom is 0.325 e. The first-order valence-corrected chi connectivity index (χ1v) is 12.6. The lowest BCUT2D eigenvalue weighted by Crippen LogP contribution is -2.44. The second-order valence-electron chi connectivity index (χ2n) is 8.21. The van der Waals surface area contributed by atoms with E-state index in [4.69, 9.17) is 4.74 Å². The second-order valence-corrected chi connectivity index (χ2v) is 9.89. The summed E-state index contributed by atoms with van der Waals surface area (Å²) in [4.78, 5) is 24.3. The van der Waals surface area contributed by atoms with Crippen LogP contribution in [0.15, 0.2) is 59.5 Å². The van der Waals surface area contributed by atoms with Crippen molar-refractivity contribution in [1.82, 2.24) is 10.0 Å². The van der Waals surface area contributed by atoms with Gasteiger partial charge in [-0.2, -0.15) is 4.72 Å². The minimum atomic E-state index is -4.34. The smallest absolute Gasteiger partial charge is 0.325 e. The first kappa shape index (κ1) is 24.9. The summed E-state index contributed by atoms with van der Waals surface area (Å²) in [6.07, 6.45) is 5.64. The summed E-state index contributed by atoms with van der Waals surface area (Å²) in [6.45, 7) is 0.0159. The number of sulfonamides is 1. The standard InChI is InChI=1S/C24H29FN2O5S/c25-20-13-7-8-14-22(20)33(30,31)27-21(15-18-9-3-1-4-10-18)24(29)32-17-23(28)26-16-19-11-5-2-6-12-19/h1,3-4,7-10,13-14,19,21,27H,2,5-6,11-12,15-17H2,(H,26,28)/t21-/m0/s1. The number of benzene rings is 2. The van der Waals surface area contributed by atoms with Crippen LogP contribution in [0.2, 0.25) is 0 Å². The van der Waals surface area contributed by atoms with Crippen LogP contribution < -0.4 is 10.0 Å². The van der Waals surface area contributed by atoms with Gasteiger partial charge in [0.05, 0.1) is 0 Å². The Bertz CT molecular complexity index is 1040. The molecule has 2 aromatic rings. The Labute approximate surface area is 193 Å². The van der Waals surface area contributed by atoms with E-state index >= 15 is 0 Å². The number of nitrogens with one attached hydrogen (secondary N) is 2. The fraction of sp³-hybridized carbons (Fsp3) is 0.417. The predicted octanol–water partition coefficient (Wildman–Crippen LogP) is 2.96. The highest BCUT2D eigenvalue weighted by molar-refractivity contribution is 7.89. The molecule has 0 aliphatic heterocycles. The Kier molecular flexibility index (Phi) is 8.96. The zero-order valence-electron chi connectivity index (χ0n) is 18.3. The number of carbonyl (C=O) groups is 2. The molecule has 178 valence electrons. The molecule has 0 saturated heterocycles. The number of esters is 1. The molecule has 1 saturated carbocycles. The molecule has 1 aliphatic rings. The van der Waals surface area contributed by atoms with Gasteiger partial charge in [0.25, 0.3) is 5.91 Å². The van der Waals surface area contributed by atoms with Gasteiger partial charge in [0.15, 0.2) is 6.61 Å².